The van der Waals surface area contributed by atoms with Crippen LogP contribution in [0.1, 0.15) is 175 Å². The lowest BCUT2D eigenvalue weighted by Gasteiger charge is -2.18. The molecule has 1 atom stereocenters. The first-order valence-corrected chi connectivity index (χ1v) is 25.0. The Kier molecular flexibility index (Phi) is 47.7. The van der Waals surface area contributed by atoms with E-state index in [0.29, 0.717) is 19.3 Å². The Bertz CT molecular complexity index is 1540. The van der Waals surface area contributed by atoms with Crippen molar-refractivity contribution >= 4 is 17.9 Å². The van der Waals surface area contributed by atoms with Gasteiger partial charge in [0.1, 0.15) is 13.2 Å². The van der Waals surface area contributed by atoms with E-state index >= 15 is 0 Å². The molecule has 0 fully saturated rings. The van der Waals surface area contributed by atoms with Crippen LogP contribution in [0.5, 0.6) is 0 Å². The summed E-state index contributed by atoms with van der Waals surface area (Å²) in [7, 11) is 0. The molecule has 0 aromatic rings. The number of unbranched alkanes of at least 4 members (excludes halogenated alkanes) is 6. The van der Waals surface area contributed by atoms with Crippen molar-refractivity contribution in [2.75, 3.05) is 13.2 Å². The second kappa shape index (κ2) is 51.7. The molecule has 1 unspecified atom stereocenters. The molecule has 6 nitrogen and oxygen atoms in total. The van der Waals surface area contributed by atoms with Crippen molar-refractivity contribution in [3.8, 4) is 0 Å². The number of allylic oxidation sites excluding steroid dienone is 25. The lowest BCUT2D eigenvalue weighted by molar-refractivity contribution is -0.166. The fraction of sp³-hybridized carbons (Fsp3) is 0.508. The highest BCUT2D eigenvalue weighted by Crippen LogP contribution is 2.11. The van der Waals surface area contributed by atoms with Gasteiger partial charge >= 0.3 is 17.9 Å². The van der Waals surface area contributed by atoms with E-state index in [4.69, 9.17) is 14.2 Å². The molecule has 0 aromatic carbocycles. The lowest BCUT2D eigenvalue weighted by atomic mass is 10.1. The molecule has 0 saturated carbocycles. The molecular formula is C59H88O6. The predicted octanol–water partition coefficient (Wildman–Crippen LogP) is 16.6. The molecule has 0 N–H and O–H groups in total. The fourth-order valence-electron chi connectivity index (χ4n) is 5.93. The number of ether oxygens (including phenoxy) is 3. The first-order chi connectivity index (χ1) is 32.0. The van der Waals surface area contributed by atoms with Crippen molar-refractivity contribution in [3.63, 3.8) is 0 Å². The minimum Gasteiger partial charge on any atom is -0.462 e. The molecule has 0 saturated heterocycles. The van der Waals surface area contributed by atoms with Crippen LogP contribution in [0.15, 0.2) is 158 Å². The highest BCUT2D eigenvalue weighted by Gasteiger charge is 2.19. The van der Waals surface area contributed by atoms with Crippen LogP contribution in [0, 0.1) is 0 Å². The number of esters is 3. The van der Waals surface area contributed by atoms with Crippen LogP contribution in [0.3, 0.4) is 0 Å². The van der Waals surface area contributed by atoms with Gasteiger partial charge in [0.15, 0.2) is 6.10 Å². The van der Waals surface area contributed by atoms with E-state index in [0.717, 1.165) is 109 Å². The van der Waals surface area contributed by atoms with E-state index < -0.39 is 18.0 Å². The van der Waals surface area contributed by atoms with Crippen molar-refractivity contribution in [3.05, 3.63) is 158 Å². The quantitative estimate of drug-likeness (QED) is 0.0263. The van der Waals surface area contributed by atoms with Gasteiger partial charge in [-0.2, -0.15) is 0 Å². The molecule has 360 valence electrons. The molecule has 0 bridgehead atoms. The van der Waals surface area contributed by atoms with Gasteiger partial charge in [-0.25, -0.2) is 0 Å². The third-order valence-electron chi connectivity index (χ3n) is 9.56. The summed E-state index contributed by atoms with van der Waals surface area (Å²) in [6, 6.07) is 0. The molecule has 0 heterocycles. The maximum absolute atomic E-state index is 12.7. The number of hydrogen-bond acceptors (Lipinski definition) is 6. The smallest absolute Gasteiger partial charge is 0.310 e. The van der Waals surface area contributed by atoms with Gasteiger partial charge in [0, 0.05) is 12.8 Å². The number of rotatable bonds is 42. The van der Waals surface area contributed by atoms with Gasteiger partial charge in [-0.1, -0.05) is 204 Å². The highest BCUT2D eigenvalue weighted by atomic mass is 16.6. The average Bonchev–Trinajstić information content (AvgIpc) is 3.30. The van der Waals surface area contributed by atoms with Crippen molar-refractivity contribution < 1.29 is 28.6 Å². The lowest BCUT2D eigenvalue weighted by Crippen LogP contribution is -2.30. The largest absolute Gasteiger partial charge is 0.462 e. The minimum atomic E-state index is -0.874. The van der Waals surface area contributed by atoms with E-state index in [1.165, 1.54) is 12.8 Å². The number of carbonyl (C=O) groups excluding carboxylic acids is 3. The van der Waals surface area contributed by atoms with Gasteiger partial charge < -0.3 is 14.2 Å². The standard InChI is InChI=1S/C59H88O6/c1-4-7-10-13-16-19-22-25-27-28-29-30-32-34-37-40-43-46-49-52-58(61)64-55-56(54-63-57(60)51-48-45-42-39-36-33-24-21-18-15-12-9-6-3)65-59(62)53-50-47-44-41-38-35-31-26-23-20-17-14-11-8-5-2/h7-12,16-21,25-27,29-31,33,36,38,41-42,45,47,50,56H,4-6,13-15,22-24,28,32,34-35,37,39-40,43-44,46,48-49,51-55H2,1-3H3/b10-7-,11-8-,12-9-,19-16-,20-17-,21-18-,27-25-,30-29-,31-26-,36-33-,41-38-,45-42-,50-47-. The molecule has 0 radical (unpaired) electrons. The Morgan fingerprint density at radius 1 is 0.323 bits per heavy atom. The maximum atomic E-state index is 12.7. The highest BCUT2D eigenvalue weighted by molar-refractivity contribution is 5.72. The average molecular weight is 893 g/mol. The third kappa shape index (κ3) is 49.9. The Morgan fingerprint density at radius 3 is 1.03 bits per heavy atom. The molecule has 0 aromatic heterocycles. The summed E-state index contributed by atoms with van der Waals surface area (Å²) in [6.07, 6.45) is 75.5. The van der Waals surface area contributed by atoms with Crippen LogP contribution in [0.25, 0.3) is 0 Å². The fourth-order valence-corrected chi connectivity index (χ4v) is 5.93. The molecule has 0 spiro atoms. The summed E-state index contributed by atoms with van der Waals surface area (Å²) in [4.78, 5) is 37.9. The zero-order chi connectivity index (χ0) is 47.2. The van der Waals surface area contributed by atoms with Gasteiger partial charge in [0.05, 0.1) is 6.42 Å². The topological polar surface area (TPSA) is 78.9 Å². The number of hydrogen-bond donors (Lipinski definition) is 0. The zero-order valence-corrected chi connectivity index (χ0v) is 40.9. The van der Waals surface area contributed by atoms with E-state index in [1.54, 1.807) is 6.08 Å². The van der Waals surface area contributed by atoms with E-state index in [1.807, 2.05) is 18.2 Å². The van der Waals surface area contributed by atoms with Gasteiger partial charge in [-0.15, -0.1) is 0 Å². The molecule has 0 aliphatic carbocycles. The summed E-state index contributed by atoms with van der Waals surface area (Å²) < 4.78 is 16.6. The van der Waals surface area contributed by atoms with Crippen molar-refractivity contribution in [1.29, 1.82) is 0 Å². The van der Waals surface area contributed by atoms with Gasteiger partial charge in [0.25, 0.3) is 0 Å². The first kappa shape index (κ1) is 60.0. The van der Waals surface area contributed by atoms with Gasteiger partial charge in [-0.3, -0.25) is 14.4 Å². The van der Waals surface area contributed by atoms with E-state index in [9.17, 15) is 14.4 Å². The second-order valence-corrected chi connectivity index (χ2v) is 15.6. The van der Waals surface area contributed by atoms with Crippen molar-refractivity contribution in [2.24, 2.45) is 0 Å². The molecule has 0 amide bonds. The van der Waals surface area contributed by atoms with Crippen LogP contribution >= 0.6 is 0 Å². The Labute approximate surface area is 397 Å². The summed E-state index contributed by atoms with van der Waals surface area (Å²) in [6.45, 7) is 6.10. The van der Waals surface area contributed by atoms with Crippen molar-refractivity contribution in [1.82, 2.24) is 0 Å². The SMILES string of the molecule is CC/C=C\C/C=C\C/C=C\C/C=C\C/C=C\CC(=O)OC(COC(=O)CC/C=C\C/C=C\C/C=C\C/C=C\CC)COC(=O)CCCCCCCC/C=C\C/C=C\C/C=C\C/C=C\CC. The Balaban J connectivity index is 4.63. The summed E-state index contributed by atoms with van der Waals surface area (Å²) >= 11 is 0. The molecular weight excluding hydrogens is 805 g/mol. The maximum Gasteiger partial charge on any atom is 0.310 e. The van der Waals surface area contributed by atoms with Crippen LogP contribution in [-0.4, -0.2) is 37.2 Å². The molecule has 0 aliphatic heterocycles. The van der Waals surface area contributed by atoms with Crippen LogP contribution < -0.4 is 0 Å². The summed E-state index contributed by atoms with van der Waals surface area (Å²) in [5.74, 6) is -1.20. The summed E-state index contributed by atoms with van der Waals surface area (Å²) in [5, 5.41) is 0. The minimum absolute atomic E-state index is 0.0706. The predicted molar refractivity (Wildman–Crippen MR) is 278 cm³/mol. The van der Waals surface area contributed by atoms with Gasteiger partial charge in [0.2, 0.25) is 0 Å². The van der Waals surface area contributed by atoms with Crippen LogP contribution in [0.4, 0.5) is 0 Å². The van der Waals surface area contributed by atoms with Crippen molar-refractivity contribution in [2.45, 2.75) is 181 Å². The molecule has 0 rings (SSSR count). The monoisotopic (exact) mass is 893 g/mol. The first-order valence-electron chi connectivity index (χ1n) is 25.0. The van der Waals surface area contributed by atoms with Crippen LogP contribution in [0.2, 0.25) is 0 Å². The zero-order valence-electron chi connectivity index (χ0n) is 40.9. The molecule has 0 aliphatic rings. The Morgan fingerprint density at radius 2 is 0.631 bits per heavy atom. The van der Waals surface area contributed by atoms with E-state index in [-0.39, 0.29) is 32.0 Å². The molecule has 6 heteroatoms. The van der Waals surface area contributed by atoms with Crippen LogP contribution in [-0.2, 0) is 28.6 Å². The van der Waals surface area contributed by atoms with E-state index in [2.05, 4.69) is 154 Å². The number of carbonyl (C=O) groups is 3. The normalized spacial score (nSPS) is 13.5. The summed E-state index contributed by atoms with van der Waals surface area (Å²) in [5.41, 5.74) is 0. The third-order valence-corrected chi connectivity index (χ3v) is 9.56. The second-order valence-electron chi connectivity index (χ2n) is 15.6. The molecule has 65 heavy (non-hydrogen) atoms. The Hall–Kier alpha value is -4.97. The van der Waals surface area contributed by atoms with Gasteiger partial charge in [-0.05, 0) is 109 Å².